The topological polar surface area (TPSA) is 38.3 Å². The van der Waals surface area contributed by atoms with Crippen molar-refractivity contribution in [2.45, 2.75) is 46.1 Å². The molecule has 1 saturated heterocycles. The normalized spacial score (nSPS) is 26.9. The van der Waals surface area contributed by atoms with Gasteiger partial charge in [0.2, 0.25) is 0 Å². The van der Waals surface area contributed by atoms with Crippen LogP contribution in [0.5, 0.6) is 0 Å². The fraction of sp³-hybridized carbons (Fsp3) is 0.923. The predicted octanol–water partition coefficient (Wildman–Crippen LogP) is 2.01. The summed E-state index contributed by atoms with van der Waals surface area (Å²) < 4.78 is 5.43. The molecule has 94 valence electrons. The molecule has 0 aromatic rings. The van der Waals surface area contributed by atoms with Crippen molar-refractivity contribution in [3.8, 4) is 0 Å². The number of carbonyl (C=O) groups excluding carboxylic acids is 1. The SMILES string of the molecule is CCCNC1COCC1C(=O)C(C)CCC. The van der Waals surface area contributed by atoms with Gasteiger partial charge >= 0.3 is 0 Å². The van der Waals surface area contributed by atoms with E-state index in [1.807, 2.05) is 6.92 Å². The fourth-order valence-electron chi connectivity index (χ4n) is 2.31. The molecule has 1 aliphatic rings. The summed E-state index contributed by atoms with van der Waals surface area (Å²) in [5.74, 6) is 0.642. The van der Waals surface area contributed by atoms with Gasteiger partial charge in [0.05, 0.1) is 19.1 Å². The minimum absolute atomic E-state index is 0.0769. The Morgan fingerprint density at radius 2 is 2.12 bits per heavy atom. The molecule has 0 spiro atoms. The molecular weight excluding hydrogens is 202 g/mol. The van der Waals surface area contributed by atoms with E-state index < -0.39 is 0 Å². The van der Waals surface area contributed by atoms with Crippen LogP contribution >= 0.6 is 0 Å². The van der Waals surface area contributed by atoms with Crippen LogP contribution in [0.15, 0.2) is 0 Å². The van der Waals surface area contributed by atoms with Gasteiger partial charge in [0.1, 0.15) is 5.78 Å². The van der Waals surface area contributed by atoms with Crippen molar-refractivity contribution < 1.29 is 9.53 Å². The van der Waals surface area contributed by atoms with Gasteiger partial charge in [-0.2, -0.15) is 0 Å². The van der Waals surface area contributed by atoms with Crippen molar-refractivity contribution in [1.29, 1.82) is 0 Å². The molecule has 0 aliphatic carbocycles. The van der Waals surface area contributed by atoms with Crippen LogP contribution in [0.2, 0.25) is 0 Å². The highest BCUT2D eigenvalue weighted by atomic mass is 16.5. The van der Waals surface area contributed by atoms with Gasteiger partial charge in [0, 0.05) is 12.0 Å². The largest absolute Gasteiger partial charge is 0.379 e. The highest BCUT2D eigenvalue weighted by Crippen LogP contribution is 2.21. The summed E-state index contributed by atoms with van der Waals surface area (Å²) in [5.41, 5.74) is 0. The highest BCUT2D eigenvalue weighted by Gasteiger charge is 2.35. The van der Waals surface area contributed by atoms with E-state index in [1.54, 1.807) is 0 Å². The standard InChI is InChI=1S/C13H25NO2/c1-4-6-10(3)13(15)11-8-16-9-12(11)14-7-5-2/h10-12,14H,4-9H2,1-3H3. The molecule has 0 bridgehead atoms. The zero-order chi connectivity index (χ0) is 12.0. The van der Waals surface area contributed by atoms with Gasteiger partial charge in [0.15, 0.2) is 0 Å². The van der Waals surface area contributed by atoms with Crippen molar-refractivity contribution in [2.75, 3.05) is 19.8 Å². The molecule has 16 heavy (non-hydrogen) atoms. The maximum Gasteiger partial charge on any atom is 0.142 e. The molecular formula is C13H25NO2. The zero-order valence-corrected chi connectivity index (χ0v) is 10.8. The maximum atomic E-state index is 12.2. The first-order valence-corrected chi connectivity index (χ1v) is 6.55. The van der Waals surface area contributed by atoms with Crippen molar-refractivity contribution in [2.24, 2.45) is 11.8 Å². The third-order valence-corrected chi connectivity index (χ3v) is 3.31. The van der Waals surface area contributed by atoms with Crippen LogP contribution in [0.3, 0.4) is 0 Å². The molecule has 1 N–H and O–H groups in total. The average molecular weight is 227 g/mol. The Morgan fingerprint density at radius 1 is 1.38 bits per heavy atom. The summed E-state index contributed by atoms with van der Waals surface area (Å²) in [6.07, 6.45) is 3.17. The summed E-state index contributed by atoms with van der Waals surface area (Å²) in [5, 5.41) is 3.41. The van der Waals surface area contributed by atoms with E-state index in [-0.39, 0.29) is 17.9 Å². The van der Waals surface area contributed by atoms with E-state index in [9.17, 15) is 4.79 Å². The quantitative estimate of drug-likeness (QED) is 0.723. The smallest absolute Gasteiger partial charge is 0.142 e. The van der Waals surface area contributed by atoms with Gasteiger partial charge in [-0.05, 0) is 19.4 Å². The van der Waals surface area contributed by atoms with Crippen LogP contribution in [0.25, 0.3) is 0 Å². The van der Waals surface area contributed by atoms with Gasteiger partial charge in [-0.25, -0.2) is 0 Å². The molecule has 1 fully saturated rings. The Labute approximate surface area is 98.9 Å². The number of rotatable bonds is 7. The molecule has 0 aromatic carbocycles. The number of carbonyl (C=O) groups is 1. The lowest BCUT2D eigenvalue weighted by molar-refractivity contribution is -0.127. The summed E-state index contributed by atoms with van der Waals surface area (Å²) in [6, 6.07) is 0.242. The predicted molar refractivity (Wildman–Crippen MR) is 65.5 cm³/mol. The fourth-order valence-corrected chi connectivity index (χ4v) is 2.31. The third kappa shape index (κ3) is 3.56. The Balaban J connectivity index is 2.46. The van der Waals surface area contributed by atoms with E-state index in [2.05, 4.69) is 19.2 Å². The molecule has 3 heteroatoms. The lowest BCUT2D eigenvalue weighted by Crippen LogP contribution is -2.41. The number of nitrogens with one attached hydrogen (secondary N) is 1. The zero-order valence-electron chi connectivity index (χ0n) is 10.8. The van der Waals surface area contributed by atoms with Crippen molar-refractivity contribution in [3.63, 3.8) is 0 Å². The lowest BCUT2D eigenvalue weighted by atomic mass is 9.88. The highest BCUT2D eigenvalue weighted by molar-refractivity contribution is 5.84. The monoisotopic (exact) mass is 227 g/mol. The van der Waals surface area contributed by atoms with Crippen LogP contribution < -0.4 is 5.32 Å². The van der Waals surface area contributed by atoms with Crippen molar-refractivity contribution in [3.05, 3.63) is 0 Å². The molecule has 3 atom stereocenters. The molecule has 0 aromatic heterocycles. The minimum atomic E-state index is 0.0769. The van der Waals surface area contributed by atoms with E-state index in [0.29, 0.717) is 19.0 Å². The average Bonchev–Trinajstić information content (AvgIpc) is 2.73. The second-order valence-electron chi connectivity index (χ2n) is 4.80. The second kappa shape index (κ2) is 7.02. The van der Waals surface area contributed by atoms with E-state index in [4.69, 9.17) is 4.74 Å². The van der Waals surface area contributed by atoms with Gasteiger partial charge in [-0.1, -0.05) is 27.2 Å². The second-order valence-corrected chi connectivity index (χ2v) is 4.80. The van der Waals surface area contributed by atoms with Gasteiger partial charge in [0.25, 0.3) is 0 Å². The van der Waals surface area contributed by atoms with Crippen LogP contribution in [0.4, 0.5) is 0 Å². The van der Waals surface area contributed by atoms with Crippen molar-refractivity contribution >= 4 is 5.78 Å². The first kappa shape index (κ1) is 13.7. The van der Waals surface area contributed by atoms with Crippen LogP contribution in [0.1, 0.15) is 40.0 Å². The molecule has 1 rings (SSSR count). The minimum Gasteiger partial charge on any atom is -0.379 e. The number of hydrogen-bond acceptors (Lipinski definition) is 3. The Morgan fingerprint density at radius 3 is 2.75 bits per heavy atom. The van der Waals surface area contributed by atoms with E-state index >= 15 is 0 Å². The molecule has 3 unspecified atom stereocenters. The molecule has 0 saturated carbocycles. The van der Waals surface area contributed by atoms with Crippen LogP contribution in [0, 0.1) is 11.8 Å². The van der Waals surface area contributed by atoms with Gasteiger partial charge in [-0.3, -0.25) is 4.79 Å². The first-order chi connectivity index (χ1) is 7.70. The Kier molecular flexibility index (Phi) is 5.99. The number of ketones is 1. The molecule has 0 amide bonds. The van der Waals surface area contributed by atoms with Gasteiger partial charge in [-0.15, -0.1) is 0 Å². The van der Waals surface area contributed by atoms with Gasteiger partial charge < -0.3 is 10.1 Å². The number of hydrogen-bond donors (Lipinski definition) is 1. The third-order valence-electron chi connectivity index (χ3n) is 3.31. The van der Waals surface area contributed by atoms with E-state index in [0.717, 1.165) is 25.8 Å². The molecule has 1 aliphatic heterocycles. The van der Waals surface area contributed by atoms with Crippen molar-refractivity contribution in [1.82, 2.24) is 5.32 Å². The molecule has 0 radical (unpaired) electrons. The number of Topliss-reactive ketones (excluding diaryl/α,β-unsaturated/α-hetero) is 1. The summed E-state index contributed by atoms with van der Waals surface area (Å²) in [7, 11) is 0. The first-order valence-electron chi connectivity index (χ1n) is 6.55. The molecule has 1 heterocycles. The Hall–Kier alpha value is -0.410. The molecule has 3 nitrogen and oxygen atoms in total. The number of ether oxygens (including phenoxy) is 1. The maximum absolute atomic E-state index is 12.2. The van der Waals surface area contributed by atoms with Crippen LogP contribution in [-0.2, 0) is 9.53 Å². The van der Waals surface area contributed by atoms with E-state index in [1.165, 1.54) is 0 Å². The summed E-state index contributed by atoms with van der Waals surface area (Å²) in [6.45, 7) is 8.58. The summed E-state index contributed by atoms with van der Waals surface area (Å²) in [4.78, 5) is 12.2. The summed E-state index contributed by atoms with van der Waals surface area (Å²) >= 11 is 0. The Bertz CT molecular complexity index is 218. The van der Waals surface area contributed by atoms with Crippen LogP contribution in [-0.4, -0.2) is 31.6 Å². The lowest BCUT2D eigenvalue weighted by Gasteiger charge is -2.20.